The van der Waals surface area contributed by atoms with Gasteiger partial charge < -0.3 is 15.0 Å². The quantitative estimate of drug-likeness (QED) is 0.785. The Morgan fingerprint density at radius 1 is 1.19 bits per heavy atom. The van der Waals surface area contributed by atoms with Gasteiger partial charge in [-0.2, -0.15) is 0 Å². The van der Waals surface area contributed by atoms with Crippen LogP contribution in [0.3, 0.4) is 0 Å². The second kappa shape index (κ2) is 5.51. The van der Waals surface area contributed by atoms with Crippen LogP contribution in [0.25, 0.3) is 0 Å². The summed E-state index contributed by atoms with van der Waals surface area (Å²) in [6.07, 6.45) is 0.905. The second-order valence-electron chi connectivity index (χ2n) is 3.75. The number of anilines is 1. The lowest BCUT2D eigenvalue weighted by atomic mass is 10.3. The molecule has 0 spiro atoms. The molecule has 1 aliphatic rings. The van der Waals surface area contributed by atoms with E-state index in [1.165, 1.54) is 0 Å². The van der Waals surface area contributed by atoms with E-state index in [2.05, 4.69) is 5.32 Å². The number of nitrogens with one attached hydrogen (secondary N) is 1. The van der Waals surface area contributed by atoms with Crippen molar-refractivity contribution in [2.24, 2.45) is 0 Å². The Morgan fingerprint density at radius 3 is 2.81 bits per heavy atom. The molecule has 4 nitrogen and oxygen atoms in total. The molecule has 0 aliphatic carbocycles. The summed E-state index contributed by atoms with van der Waals surface area (Å²) < 4.78 is 5.30. The first kappa shape index (κ1) is 11.0. The first-order chi connectivity index (χ1) is 7.86. The number of benzene rings is 1. The Kier molecular flexibility index (Phi) is 3.77. The van der Waals surface area contributed by atoms with Crippen LogP contribution in [0.5, 0.6) is 0 Å². The molecule has 0 atom stereocenters. The van der Waals surface area contributed by atoms with Crippen molar-refractivity contribution < 1.29 is 9.53 Å². The van der Waals surface area contributed by atoms with Crippen LogP contribution in [-0.2, 0) is 4.74 Å². The molecule has 1 aromatic carbocycles. The van der Waals surface area contributed by atoms with Crippen LogP contribution in [0.1, 0.15) is 6.42 Å². The van der Waals surface area contributed by atoms with Crippen LogP contribution in [0.4, 0.5) is 10.5 Å². The Labute approximate surface area is 95.2 Å². The highest BCUT2D eigenvalue weighted by molar-refractivity contribution is 5.89. The van der Waals surface area contributed by atoms with Crippen molar-refractivity contribution >= 4 is 11.7 Å². The standard InChI is InChI=1S/C12H16N2O2/c15-12(13-11-5-2-1-3-6-11)14-7-4-9-16-10-8-14/h1-3,5-6H,4,7-10H2,(H,13,15). The minimum absolute atomic E-state index is 0.0447. The van der Waals surface area contributed by atoms with Crippen LogP contribution in [0, 0.1) is 0 Å². The minimum Gasteiger partial charge on any atom is -0.380 e. The number of carbonyl (C=O) groups excluding carboxylic acids is 1. The number of nitrogens with zero attached hydrogens (tertiary/aromatic N) is 1. The zero-order valence-corrected chi connectivity index (χ0v) is 9.19. The number of rotatable bonds is 1. The third kappa shape index (κ3) is 2.97. The van der Waals surface area contributed by atoms with Crippen LogP contribution < -0.4 is 5.32 Å². The van der Waals surface area contributed by atoms with E-state index in [-0.39, 0.29) is 6.03 Å². The van der Waals surface area contributed by atoms with Gasteiger partial charge in [0.25, 0.3) is 0 Å². The highest BCUT2D eigenvalue weighted by Gasteiger charge is 2.15. The summed E-state index contributed by atoms with van der Waals surface area (Å²) in [6.45, 7) is 2.80. The molecule has 2 rings (SSSR count). The molecule has 4 heteroatoms. The summed E-state index contributed by atoms with van der Waals surface area (Å²) in [6, 6.07) is 9.45. The average Bonchev–Trinajstić information content (AvgIpc) is 2.59. The number of urea groups is 1. The highest BCUT2D eigenvalue weighted by Crippen LogP contribution is 2.07. The minimum atomic E-state index is -0.0447. The van der Waals surface area contributed by atoms with Gasteiger partial charge in [-0.1, -0.05) is 18.2 Å². The van der Waals surface area contributed by atoms with Gasteiger partial charge in [-0.05, 0) is 18.6 Å². The normalized spacial score (nSPS) is 16.6. The van der Waals surface area contributed by atoms with Gasteiger partial charge in [0.15, 0.2) is 0 Å². The van der Waals surface area contributed by atoms with E-state index in [1.807, 2.05) is 30.3 Å². The molecular weight excluding hydrogens is 204 g/mol. The fourth-order valence-corrected chi connectivity index (χ4v) is 1.67. The Balaban J connectivity index is 1.92. The number of amides is 2. The van der Waals surface area contributed by atoms with Crippen LogP contribution in [0.2, 0.25) is 0 Å². The summed E-state index contributed by atoms with van der Waals surface area (Å²) in [5, 5.41) is 2.87. The lowest BCUT2D eigenvalue weighted by molar-refractivity contribution is 0.144. The van der Waals surface area contributed by atoms with Gasteiger partial charge >= 0.3 is 6.03 Å². The molecule has 2 amide bonds. The predicted octanol–water partition coefficient (Wildman–Crippen LogP) is 1.94. The number of para-hydroxylation sites is 1. The molecule has 0 radical (unpaired) electrons. The van der Waals surface area contributed by atoms with E-state index in [0.29, 0.717) is 13.2 Å². The third-order valence-electron chi connectivity index (χ3n) is 2.53. The van der Waals surface area contributed by atoms with Crippen LogP contribution in [0.15, 0.2) is 30.3 Å². The molecule has 0 bridgehead atoms. The number of carbonyl (C=O) groups is 1. The maximum absolute atomic E-state index is 11.9. The maximum atomic E-state index is 11.9. The van der Waals surface area contributed by atoms with E-state index in [4.69, 9.17) is 4.74 Å². The van der Waals surface area contributed by atoms with E-state index >= 15 is 0 Å². The Hall–Kier alpha value is -1.55. The SMILES string of the molecule is O=C(Nc1ccccc1)N1CCCOCC1. The van der Waals surface area contributed by atoms with Crippen molar-refractivity contribution in [1.29, 1.82) is 0 Å². The molecule has 0 unspecified atom stereocenters. The molecule has 1 aliphatic heterocycles. The van der Waals surface area contributed by atoms with Gasteiger partial charge in [-0.3, -0.25) is 0 Å². The summed E-state index contributed by atoms with van der Waals surface area (Å²) in [5.41, 5.74) is 0.831. The van der Waals surface area contributed by atoms with E-state index in [1.54, 1.807) is 4.90 Å². The van der Waals surface area contributed by atoms with Crippen molar-refractivity contribution in [2.75, 3.05) is 31.6 Å². The molecular formula is C12H16N2O2. The Bertz CT molecular complexity index is 332. The lowest BCUT2D eigenvalue weighted by Crippen LogP contribution is -2.36. The molecule has 16 heavy (non-hydrogen) atoms. The van der Waals surface area contributed by atoms with Crippen molar-refractivity contribution in [1.82, 2.24) is 4.90 Å². The van der Waals surface area contributed by atoms with Crippen molar-refractivity contribution in [3.63, 3.8) is 0 Å². The lowest BCUT2D eigenvalue weighted by Gasteiger charge is -2.20. The van der Waals surface area contributed by atoms with E-state index in [0.717, 1.165) is 25.3 Å². The van der Waals surface area contributed by atoms with Crippen molar-refractivity contribution in [3.05, 3.63) is 30.3 Å². The molecule has 1 fully saturated rings. The fraction of sp³-hybridized carbons (Fsp3) is 0.417. The highest BCUT2D eigenvalue weighted by atomic mass is 16.5. The predicted molar refractivity (Wildman–Crippen MR) is 62.5 cm³/mol. The molecule has 86 valence electrons. The summed E-state index contributed by atoms with van der Waals surface area (Å²) in [5.74, 6) is 0. The van der Waals surface area contributed by atoms with E-state index in [9.17, 15) is 4.79 Å². The zero-order chi connectivity index (χ0) is 11.2. The molecule has 1 N–H and O–H groups in total. The molecule has 1 saturated heterocycles. The monoisotopic (exact) mass is 220 g/mol. The van der Waals surface area contributed by atoms with Gasteiger partial charge in [0.2, 0.25) is 0 Å². The van der Waals surface area contributed by atoms with E-state index < -0.39 is 0 Å². The molecule has 1 aromatic rings. The van der Waals surface area contributed by atoms with Gasteiger partial charge in [0.05, 0.1) is 6.61 Å². The molecule has 1 heterocycles. The Morgan fingerprint density at radius 2 is 2.00 bits per heavy atom. The molecule has 0 aromatic heterocycles. The van der Waals surface area contributed by atoms with Crippen LogP contribution in [-0.4, -0.2) is 37.2 Å². The smallest absolute Gasteiger partial charge is 0.321 e. The topological polar surface area (TPSA) is 41.6 Å². The van der Waals surface area contributed by atoms with Crippen molar-refractivity contribution in [3.8, 4) is 0 Å². The van der Waals surface area contributed by atoms with Gasteiger partial charge in [0.1, 0.15) is 0 Å². The zero-order valence-electron chi connectivity index (χ0n) is 9.19. The molecule has 0 saturated carbocycles. The second-order valence-corrected chi connectivity index (χ2v) is 3.75. The van der Waals surface area contributed by atoms with Crippen molar-refractivity contribution in [2.45, 2.75) is 6.42 Å². The fourth-order valence-electron chi connectivity index (χ4n) is 1.67. The van der Waals surface area contributed by atoms with Crippen LogP contribution >= 0.6 is 0 Å². The number of hydrogen-bond donors (Lipinski definition) is 1. The largest absolute Gasteiger partial charge is 0.380 e. The first-order valence-corrected chi connectivity index (χ1v) is 5.55. The maximum Gasteiger partial charge on any atom is 0.321 e. The van der Waals surface area contributed by atoms with Gasteiger partial charge in [-0.15, -0.1) is 0 Å². The summed E-state index contributed by atoms with van der Waals surface area (Å²) >= 11 is 0. The van der Waals surface area contributed by atoms with Gasteiger partial charge in [-0.25, -0.2) is 4.79 Å². The third-order valence-corrected chi connectivity index (χ3v) is 2.53. The first-order valence-electron chi connectivity index (χ1n) is 5.55. The summed E-state index contributed by atoms with van der Waals surface area (Å²) in [7, 11) is 0. The number of hydrogen-bond acceptors (Lipinski definition) is 2. The summed E-state index contributed by atoms with van der Waals surface area (Å²) in [4.78, 5) is 13.7. The average molecular weight is 220 g/mol. The number of ether oxygens (including phenoxy) is 1. The van der Waals surface area contributed by atoms with Gasteiger partial charge in [0, 0.05) is 25.4 Å².